The number of hydrogen-bond donors (Lipinski definition) is 2. The Bertz CT molecular complexity index is 442. The first-order valence-electron chi connectivity index (χ1n) is 7.99. The summed E-state index contributed by atoms with van der Waals surface area (Å²) in [7, 11) is 0. The third-order valence-electron chi connectivity index (χ3n) is 5.00. The second-order valence-electron chi connectivity index (χ2n) is 6.35. The molecular formula is C17H25ClN2. The second kappa shape index (κ2) is 6.46. The monoisotopic (exact) mass is 292 g/mol. The van der Waals surface area contributed by atoms with E-state index in [1.54, 1.807) is 0 Å². The normalized spacial score (nSPS) is 31.6. The summed E-state index contributed by atoms with van der Waals surface area (Å²) in [4.78, 5) is 0. The Kier molecular flexibility index (Phi) is 4.65. The zero-order valence-electron chi connectivity index (χ0n) is 12.2. The molecule has 2 nitrogen and oxygen atoms in total. The number of halogens is 1. The van der Waals surface area contributed by atoms with Crippen molar-refractivity contribution in [1.82, 2.24) is 10.6 Å². The highest BCUT2D eigenvalue weighted by Crippen LogP contribution is 2.33. The lowest BCUT2D eigenvalue weighted by molar-refractivity contribution is 0.303. The molecule has 2 N–H and O–H groups in total. The predicted octanol–water partition coefficient (Wildman–Crippen LogP) is 3.91. The van der Waals surface area contributed by atoms with Crippen LogP contribution in [0.25, 0.3) is 0 Å². The number of benzene rings is 1. The van der Waals surface area contributed by atoms with Gasteiger partial charge in [-0.05, 0) is 62.8 Å². The van der Waals surface area contributed by atoms with E-state index in [0.29, 0.717) is 12.1 Å². The maximum absolute atomic E-state index is 6.10. The molecule has 3 unspecified atom stereocenters. The lowest BCUT2D eigenvalue weighted by Gasteiger charge is -2.29. The Morgan fingerprint density at radius 2 is 2.15 bits per heavy atom. The van der Waals surface area contributed by atoms with Gasteiger partial charge < -0.3 is 10.6 Å². The van der Waals surface area contributed by atoms with E-state index in [1.165, 1.54) is 44.2 Å². The van der Waals surface area contributed by atoms with E-state index in [9.17, 15) is 0 Å². The first-order chi connectivity index (χ1) is 9.74. The zero-order chi connectivity index (χ0) is 13.9. The largest absolute Gasteiger partial charge is 0.314 e. The Morgan fingerprint density at radius 3 is 2.90 bits per heavy atom. The Hall–Kier alpha value is -0.570. The average molecular weight is 293 g/mol. The van der Waals surface area contributed by atoms with Crippen LogP contribution in [-0.2, 0) is 0 Å². The second-order valence-corrected chi connectivity index (χ2v) is 6.78. The van der Waals surface area contributed by atoms with Gasteiger partial charge in [0, 0.05) is 23.1 Å². The topological polar surface area (TPSA) is 24.1 Å². The number of rotatable bonds is 4. The number of hydrogen-bond acceptors (Lipinski definition) is 2. The molecule has 0 spiro atoms. The van der Waals surface area contributed by atoms with E-state index in [-0.39, 0.29) is 0 Å². The summed E-state index contributed by atoms with van der Waals surface area (Å²) in [6.45, 7) is 3.46. The minimum Gasteiger partial charge on any atom is -0.314 e. The molecule has 4 atom stereocenters. The Balaban J connectivity index is 1.64. The molecule has 3 rings (SSSR count). The van der Waals surface area contributed by atoms with E-state index in [0.717, 1.165) is 17.0 Å². The molecule has 1 saturated carbocycles. The SMILES string of the molecule is C[C@@H](NC1CCCC1C1CCCN1)c1cccc(Cl)c1. The van der Waals surface area contributed by atoms with Gasteiger partial charge in [-0.2, -0.15) is 0 Å². The van der Waals surface area contributed by atoms with Crippen molar-refractivity contribution in [2.45, 2.75) is 57.2 Å². The summed E-state index contributed by atoms with van der Waals surface area (Å²) in [5, 5.41) is 8.37. The van der Waals surface area contributed by atoms with Gasteiger partial charge >= 0.3 is 0 Å². The van der Waals surface area contributed by atoms with Gasteiger partial charge in [0.15, 0.2) is 0 Å². The van der Waals surface area contributed by atoms with E-state index in [4.69, 9.17) is 11.6 Å². The van der Waals surface area contributed by atoms with Crippen molar-refractivity contribution < 1.29 is 0 Å². The minimum atomic E-state index is 0.376. The number of nitrogens with one attached hydrogen (secondary N) is 2. The minimum absolute atomic E-state index is 0.376. The molecule has 2 aliphatic rings. The van der Waals surface area contributed by atoms with Crippen molar-refractivity contribution in [2.75, 3.05) is 6.54 Å². The van der Waals surface area contributed by atoms with Gasteiger partial charge in [0.25, 0.3) is 0 Å². The van der Waals surface area contributed by atoms with Crippen molar-refractivity contribution in [1.29, 1.82) is 0 Å². The van der Waals surface area contributed by atoms with E-state index in [2.05, 4.69) is 29.7 Å². The van der Waals surface area contributed by atoms with Gasteiger partial charge in [0.2, 0.25) is 0 Å². The van der Waals surface area contributed by atoms with Crippen molar-refractivity contribution in [2.24, 2.45) is 5.92 Å². The van der Waals surface area contributed by atoms with Crippen LogP contribution in [0.15, 0.2) is 24.3 Å². The molecule has 0 bridgehead atoms. The molecule has 2 fully saturated rings. The fraction of sp³-hybridized carbons (Fsp3) is 0.647. The summed E-state index contributed by atoms with van der Waals surface area (Å²) < 4.78 is 0. The van der Waals surface area contributed by atoms with E-state index >= 15 is 0 Å². The smallest absolute Gasteiger partial charge is 0.0409 e. The summed E-state index contributed by atoms with van der Waals surface area (Å²) in [5.41, 5.74) is 1.29. The van der Waals surface area contributed by atoms with Crippen LogP contribution >= 0.6 is 11.6 Å². The van der Waals surface area contributed by atoms with Crippen molar-refractivity contribution in [3.63, 3.8) is 0 Å². The van der Waals surface area contributed by atoms with Crippen LogP contribution in [0.3, 0.4) is 0 Å². The Morgan fingerprint density at radius 1 is 1.25 bits per heavy atom. The molecule has 1 saturated heterocycles. The molecule has 1 aromatic carbocycles. The van der Waals surface area contributed by atoms with Crippen molar-refractivity contribution in [3.8, 4) is 0 Å². The zero-order valence-corrected chi connectivity index (χ0v) is 13.0. The van der Waals surface area contributed by atoms with Gasteiger partial charge in [-0.1, -0.05) is 30.2 Å². The Labute approximate surface area is 127 Å². The van der Waals surface area contributed by atoms with Crippen LogP contribution in [-0.4, -0.2) is 18.6 Å². The van der Waals surface area contributed by atoms with Crippen LogP contribution in [0.2, 0.25) is 5.02 Å². The fourth-order valence-electron chi connectivity index (χ4n) is 3.95. The lowest BCUT2D eigenvalue weighted by atomic mass is 9.92. The van der Waals surface area contributed by atoms with Gasteiger partial charge in [-0.25, -0.2) is 0 Å². The molecule has 110 valence electrons. The molecule has 1 aliphatic heterocycles. The first-order valence-corrected chi connectivity index (χ1v) is 8.37. The van der Waals surface area contributed by atoms with Gasteiger partial charge in [-0.3, -0.25) is 0 Å². The molecule has 20 heavy (non-hydrogen) atoms. The fourth-order valence-corrected chi connectivity index (χ4v) is 4.15. The molecule has 0 aromatic heterocycles. The molecule has 0 radical (unpaired) electrons. The van der Waals surface area contributed by atoms with Gasteiger partial charge in [0.1, 0.15) is 0 Å². The highest BCUT2D eigenvalue weighted by molar-refractivity contribution is 6.30. The van der Waals surface area contributed by atoms with Crippen LogP contribution in [0.5, 0.6) is 0 Å². The molecule has 0 amide bonds. The van der Waals surface area contributed by atoms with Crippen molar-refractivity contribution in [3.05, 3.63) is 34.9 Å². The summed E-state index contributed by atoms with van der Waals surface area (Å²) >= 11 is 6.10. The standard InChI is InChI=1S/C17H25ClN2/c1-12(13-5-2-6-14(18)11-13)20-17-8-3-7-15(17)16-9-4-10-19-16/h2,5-6,11-12,15-17,19-20H,3-4,7-10H2,1H3/t12-,15?,16?,17?/m1/s1. The molecule has 1 aliphatic carbocycles. The van der Waals surface area contributed by atoms with Crippen LogP contribution in [0.4, 0.5) is 0 Å². The van der Waals surface area contributed by atoms with Crippen LogP contribution < -0.4 is 10.6 Å². The predicted molar refractivity (Wildman–Crippen MR) is 85.2 cm³/mol. The van der Waals surface area contributed by atoms with E-state index in [1.807, 2.05) is 12.1 Å². The highest BCUT2D eigenvalue weighted by atomic mass is 35.5. The maximum Gasteiger partial charge on any atom is 0.0409 e. The van der Waals surface area contributed by atoms with Crippen LogP contribution in [0, 0.1) is 5.92 Å². The third-order valence-corrected chi connectivity index (χ3v) is 5.23. The van der Waals surface area contributed by atoms with Crippen molar-refractivity contribution >= 4 is 11.6 Å². The third kappa shape index (κ3) is 3.19. The van der Waals surface area contributed by atoms with E-state index < -0.39 is 0 Å². The summed E-state index contributed by atoms with van der Waals surface area (Å²) in [6, 6.07) is 10.00. The summed E-state index contributed by atoms with van der Waals surface area (Å²) in [5.74, 6) is 0.805. The molecular weight excluding hydrogens is 268 g/mol. The van der Waals surface area contributed by atoms with Crippen LogP contribution in [0.1, 0.15) is 50.6 Å². The first kappa shape index (κ1) is 14.4. The average Bonchev–Trinajstić information content (AvgIpc) is 3.08. The summed E-state index contributed by atoms with van der Waals surface area (Å²) in [6.07, 6.45) is 6.75. The maximum atomic E-state index is 6.10. The van der Waals surface area contributed by atoms with Gasteiger partial charge in [0.05, 0.1) is 0 Å². The molecule has 1 aromatic rings. The van der Waals surface area contributed by atoms with Gasteiger partial charge in [-0.15, -0.1) is 0 Å². The quantitative estimate of drug-likeness (QED) is 0.879. The lowest BCUT2D eigenvalue weighted by Crippen LogP contribution is -2.42. The molecule has 3 heteroatoms. The molecule has 1 heterocycles. The highest BCUT2D eigenvalue weighted by Gasteiger charge is 2.35.